The van der Waals surface area contributed by atoms with Crippen molar-refractivity contribution < 1.29 is 22.7 Å². The van der Waals surface area contributed by atoms with Crippen molar-refractivity contribution in [2.75, 3.05) is 42.5 Å². The van der Waals surface area contributed by atoms with Crippen LogP contribution in [-0.2, 0) is 15.7 Å². The first-order valence-electron chi connectivity index (χ1n) is 12.4. The van der Waals surface area contributed by atoms with E-state index in [0.717, 1.165) is 12.0 Å². The third-order valence-electron chi connectivity index (χ3n) is 7.37. The van der Waals surface area contributed by atoms with Crippen molar-refractivity contribution in [1.82, 2.24) is 20.1 Å². The normalized spacial score (nSPS) is 24.6. The molecular weight excluding hydrogens is 513 g/mol. The van der Waals surface area contributed by atoms with Gasteiger partial charge in [-0.1, -0.05) is 11.6 Å². The predicted molar refractivity (Wildman–Crippen MR) is 131 cm³/mol. The number of piperazine rings is 1. The van der Waals surface area contributed by atoms with Gasteiger partial charge in [-0.2, -0.15) is 18.3 Å². The van der Waals surface area contributed by atoms with Crippen molar-refractivity contribution in [1.29, 1.82) is 0 Å². The number of aromatic amines is 1. The number of rotatable bonds is 5. The highest BCUT2D eigenvalue weighted by atomic mass is 35.5. The molecule has 1 amide bonds. The van der Waals surface area contributed by atoms with E-state index in [4.69, 9.17) is 16.3 Å². The van der Waals surface area contributed by atoms with Crippen molar-refractivity contribution in [3.63, 3.8) is 0 Å². The Kier molecular flexibility index (Phi) is 7.30. The van der Waals surface area contributed by atoms with Crippen LogP contribution >= 0.6 is 11.6 Å². The molecule has 3 saturated heterocycles. The fourth-order valence-electron chi connectivity index (χ4n) is 5.59. The minimum atomic E-state index is -4.79. The maximum absolute atomic E-state index is 13.6. The number of H-pyrrole nitrogens is 1. The second-order valence-electron chi connectivity index (χ2n) is 9.64. The van der Waals surface area contributed by atoms with Crippen LogP contribution in [0.4, 0.5) is 24.7 Å². The fraction of sp³-hybridized carbons (Fsp3) is 0.583. The van der Waals surface area contributed by atoms with Crippen LogP contribution in [0.25, 0.3) is 0 Å². The van der Waals surface area contributed by atoms with Gasteiger partial charge in [0.2, 0.25) is 5.91 Å². The first-order valence-corrected chi connectivity index (χ1v) is 12.8. The molecule has 3 fully saturated rings. The van der Waals surface area contributed by atoms with Gasteiger partial charge in [0.05, 0.1) is 41.6 Å². The molecule has 13 heteroatoms. The quantitative estimate of drug-likeness (QED) is 0.623. The zero-order valence-corrected chi connectivity index (χ0v) is 20.8. The van der Waals surface area contributed by atoms with Crippen LogP contribution in [0.3, 0.4) is 0 Å². The van der Waals surface area contributed by atoms with Crippen molar-refractivity contribution in [2.45, 2.75) is 56.5 Å². The molecule has 0 bridgehead atoms. The number of carbonyl (C=O) groups is 1. The van der Waals surface area contributed by atoms with Crippen molar-refractivity contribution in [3.8, 4) is 0 Å². The maximum atomic E-state index is 13.6. The molecule has 9 nitrogen and oxygen atoms in total. The van der Waals surface area contributed by atoms with Crippen LogP contribution in [0.5, 0.6) is 0 Å². The first-order chi connectivity index (χ1) is 17.7. The molecule has 0 unspecified atom stereocenters. The fourth-order valence-corrected chi connectivity index (χ4v) is 5.70. The molecule has 0 radical (unpaired) electrons. The van der Waals surface area contributed by atoms with Crippen molar-refractivity contribution in [2.24, 2.45) is 0 Å². The lowest BCUT2D eigenvalue weighted by molar-refractivity contribution is -0.138. The summed E-state index contributed by atoms with van der Waals surface area (Å²) in [7, 11) is 0. The number of carbonyl (C=O) groups excluding carboxylic acids is 1. The van der Waals surface area contributed by atoms with E-state index in [9.17, 15) is 22.8 Å². The Morgan fingerprint density at radius 3 is 2.59 bits per heavy atom. The molecule has 3 aliphatic rings. The van der Waals surface area contributed by atoms with E-state index in [2.05, 4.69) is 15.0 Å². The van der Waals surface area contributed by atoms with E-state index in [0.29, 0.717) is 63.4 Å². The minimum Gasteiger partial charge on any atom is -0.372 e. The molecule has 3 atom stereocenters. The summed E-state index contributed by atoms with van der Waals surface area (Å²) in [5.74, 6) is 0.833. The number of anilines is 2. The van der Waals surface area contributed by atoms with Gasteiger partial charge < -0.3 is 19.4 Å². The summed E-state index contributed by atoms with van der Waals surface area (Å²) in [6, 6.07) is 3.34. The summed E-state index contributed by atoms with van der Waals surface area (Å²) in [5, 5.41) is 6.08. The highest BCUT2D eigenvalue weighted by Crippen LogP contribution is 2.39. The van der Waals surface area contributed by atoms with Gasteiger partial charge >= 0.3 is 6.18 Å². The molecule has 2 aromatic heterocycles. The van der Waals surface area contributed by atoms with E-state index in [1.807, 2.05) is 16.1 Å². The third kappa shape index (κ3) is 5.54. The molecular formula is C24H28ClF3N6O3. The lowest BCUT2D eigenvalue weighted by Gasteiger charge is -2.36. The van der Waals surface area contributed by atoms with E-state index in [1.165, 1.54) is 0 Å². The highest BCUT2D eigenvalue weighted by Gasteiger charge is 2.44. The Bertz CT molecular complexity index is 1170. The summed E-state index contributed by atoms with van der Waals surface area (Å²) in [6.07, 6.45) is 0.162. The number of aromatic nitrogens is 3. The SMILES string of the molecule is O=C(C[C@H]1CC[C@@H]([C@@H]2CCCN2c2cn[nH]c(=O)c2C(F)(F)F)O1)N1CCN(c2ccc(Cl)cn2)CC1. The molecule has 0 saturated carbocycles. The topological polar surface area (TPSA) is 94.7 Å². The molecule has 3 aliphatic heterocycles. The van der Waals surface area contributed by atoms with Crippen LogP contribution < -0.4 is 15.4 Å². The van der Waals surface area contributed by atoms with Gasteiger partial charge in [-0.25, -0.2) is 10.1 Å². The maximum Gasteiger partial charge on any atom is 0.423 e. The van der Waals surface area contributed by atoms with Gasteiger partial charge in [0, 0.05) is 38.9 Å². The predicted octanol–water partition coefficient (Wildman–Crippen LogP) is 3.09. The van der Waals surface area contributed by atoms with Gasteiger partial charge in [-0.05, 0) is 37.8 Å². The zero-order valence-electron chi connectivity index (χ0n) is 20.1. The Balaban J connectivity index is 1.17. The van der Waals surface area contributed by atoms with E-state index in [-0.39, 0.29) is 36.3 Å². The standard InChI is InChI=1S/C24H28ClF3N6O3/c25-15-3-6-20(29-13-15)32-8-10-33(11-9-32)21(35)12-16-4-5-19(37-16)17-2-1-7-34(17)18-14-30-31-23(36)22(18)24(26,27)28/h3,6,13-14,16-17,19H,1-2,4-5,7-12H2,(H,31,36)/t16-,17+,19+/m1/s1. The molecule has 0 aromatic carbocycles. The lowest BCUT2D eigenvalue weighted by atomic mass is 10.0. The third-order valence-corrected chi connectivity index (χ3v) is 7.59. The lowest BCUT2D eigenvalue weighted by Crippen LogP contribution is -2.49. The smallest absolute Gasteiger partial charge is 0.372 e. The number of pyridine rings is 1. The Morgan fingerprint density at radius 2 is 1.89 bits per heavy atom. The summed E-state index contributed by atoms with van der Waals surface area (Å²) in [5.41, 5.74) is -2.69. The number of halogens is 4. The Hall–Kier alpha value is -2.86. The zero-order chi connectivity index (χ0) is 26.2. The molecule has 0 spiro atoms. The number of alkyl halides is 3. The largest absolute Gasteiger partial charge is 0.423 e. The van der Waals surface area contributed by atoms with E-state index in [1.54, 1.807) is 17.2 Å². The number of nitrogens with one attached hydrogen (secondary N) is 1. The Labute approximate surface area is 216 Å². The van der Waals surface area contributed by atoms with E-state index < -0.39 is 17.3 Å². The van der Waals surface area contributed by atoms with Crippen LogP contribution in [-0.4, -0.2) is 77.0 Å². The minimum absolute atomic E-state index is 0.00999. The van der Waals surface area contributed by atoms with Crippen molar-refractivity contribution >= 4 is 29.0 Å². The summed E-state index contributed by atoms with van der Waals surface area (Å²) < 4.78 is 47.1. The van der Waals surface area contributed by atoms with Crippen LogP contribution in [0.1, 0.15) is 37.7 Å². The second kappa shape index (κ2) is 10.5. The van der Waals surface area contributed by atoms with Gasteiger partial charge in [-0.3, -0.25) is 9.59 Å². The molecule has 1 N–H and O–H groups in total. The number of amides is 1. The Morgan fingerprint density at radius 1 is 1.11 bits per heavy atom. The molecule has 5 heterocycles. The monoisotopic (exact) mass is 540 g/mol. The van der Waals surface area contributed by atoms with Gasteiger partial charge in [-0.15, -0.1) is 0 Å². The molecule has 2 aromatic rings. The number of nitrogens with zero attached hydrogens (tertiary/aromatic N) is 5. The highest BCUT2D eigenvalue weighted by molar-refractivity contribution is 6.30. The van der Waals surface area contributed by atoms with Crippen LogP contribution in [0.2, 0.25) is 5.02 Å². The van der Waals surface area contributed by atoms with Crippen molar-refractivity contribution in [3.05, 3.63) is 45.5 Å². The number of hydrogen-bond acceptors (Lipinski definition) is 7. The molecule has 5 rings (SSSR count). The second-order valence-corrected chi connectivity index (χ2v) is 10.1. The molecule has 37 heavy (non-hydrogen) atoms. The average molecular weight is 541 g/mol. The summed E-state index contributed by atoms with van der Waals surface area (Å²) in [6.45, 7) is 2.86. The summed E-state index contributed by atoms with van der Waals surface area (Å²) in [4.78, 5) is 34.8. The van der Waals surface area contributed by atoms with Crippen LogP contribution in [0, 0.1) is 0 Å². The summed E-state index contributed by atoms with van der Waals surface area (Å²) >= 11 is 5.91. The molecule has 0 aliphatic carbocycles. The average Bonchev–Trinajstić information content (AvgIpc) is 3.53. The first kappa shape index (κ1) is 25.8. The number of hydrogen-bond donors (Lipinski definition) is 1. The van der Waals surface area contributed by atoms with Gasteiger partial charge in [0.1, 0.15) is 11.4 Å². The van der Waals surface area contributed by atoms with Gasteiger partial charge in [0.25, 0.3) is 5.56 Å². The van der Waals surface area contributed by atoms with Gasteiger partial charge in [0.15, 0.2) is 0 Å². The molecule has 200 valence electrons. The van der Waals surface area contributed by atoms with Crippen LogP contribution in [0.15, 0.2) is 29.3 Å². The number of ether oxygens (including phenoxy) is 1. The van der Waals surface area contributed by atoms with E-state index >= 15 is 0 Å².